The average molecular weight is 471 g/mol. The van der Waals surface area contributed by atoms with Crippen LogP contribution >= 0.6 is 0 Å². The van der Waals surface area contributed by atoms with Gasteiger partial charge >= 0.3 is 0 Å². The molecule has 2 fully saturated rings. The molecule has 0 atom stereocenters. The summed E-state index contributed by atoms with van der Waals surface area (Å²) in [6.07, 6.45) is 8.65. The van der Waals surface area contributed by atoms with Crippen LogP contribution in [0.1, 0.15) is 47.5 Å². The molecule has 6 nitrogen and oxygen atoms in total. The molecule has 0 aliphatic carbocycles. The second-order valence-corrected chi connectivity index (χ2v) is 9.51. The van der Waals surface area contributed by atoms with Crippen molar-refractivity contribution in [2.75, 3.05) is 43.5 Å². The first kappa shape index (κ1) is 23.4. The Balaban J connectivity index is 1.15. The van der Waals surface area contributed by atoms with Gasteiger partial charge in [-0.25, -0.2) is 0 Å². The van der Waals surface area contributed by atoms with Crippen LogP contribution in [-0.4, -0.2) is 55.1 Å². The number of methoxy groups -OCH3 is 1. The first-order valence-electron chi connectivity index (χ1n) is 12.6. The smallest absolute Gasteiger partial charge is 0.259 e. The van der Waals surface area contributed by atoms with E-state index in [1.807, 2.05) is 36.7 Å². The minimum Gasteiger partial charge on any atom is -0.496 e. The Morgan fingerprint density at radius 2 is 1.66 bits per heavy atom. The molecule has 0 radical (unpaired) electrons. The number of hydrogen-bond donors (Lipinski definition) is 1. The zero-order valence-electron chi connectivity index (χ0n) is 20.4. The number of carbonyl (C=O) groups is 1. The van der Waals surface area contributed by atoms with Gasteiger partial charge in [0.15, 0.2) is 0 Å². The van der Waals surface area contributed by atoms with Crippen molar-refractivity contribution >= 4 is 17.3 Å². The number of para-hydroxylation sites is 1. The highest BCUT2D eigenvalue weighted by Gasteiger charge is 2.29. The number of anilines is 2. The van der Waals surface area contributed by atoms with Crippen LogP contribution in [0.15, 0.2) is 73.1 Å². The molecule has 0 spiro atoms. The number of hydrogen-bond acceptors (Lipinski definition) is 5. The van der Waals surface area contributed by atoms with Gasteiger partial charge in [-0.05, 0) is 92.7 Å². The van der Waals surface area contributed by atoms with E-state index < -0.39 is 0 Å². The van der Waals surface area contributed by atoms with Crippen molar-refractivity contribution in [2.24, 2.45) is 0 Å². The predicted octanol–water partition coefficient (Wildman–Crippen LogP) is 5.19. The zero-order valence-corrected chi connectivity index (χ0v) is 20.4. The van der Waals surface area contributed by atoms with Crippen molar-refractivity contribution in [3.8, 4) is 5.75 Å². The van der Waals surface area contributed by atoms with E-state index in [-0.39, 0.29) is 5.91 Å². The van der Waals surface area contributed by atoms with Crippen LogP contribution < -0.4 is 15.0 Å². The van der Waals surface area contributed by atoms with E-state index in [1.54, 1.807) is 19.2 Å². The van der Waals surface area contributed by atoms with Gasteiger partial charge in [0.25, 0.3) is 5.91 Å². The summed E-state index contributed by atoms with van der Waals surface area (Å²) in [4.78, 5) is 22.1. The highest BCUT2D eigenvalue weighted by molar-refractivity contribution is 6.06. The van der Waals surface area contributed by atoms with Crippen LogP contribution in [0.5, 0.6) is 5.75 Å². The number of nitrogens with one attached hydrogen (secondary N) is 1. The monoisotopic (exact) mass is 470 g/mol. The third-order valence-electron chi connectivity index (χ3n) is 7.51. The van der Waals surface area contributed by atoms with E-state index in [2.05, 4.69) is 44.4 Å². The van der Waals surface area contributed by atoms with Gasteiger partial charge in [0.1, 0.15) is 5.75 Å². The number of aromatic nitrogens is 1. The molecule has 0 bridgehead atoms. The minimum atomic E-state index is -0.159. The molecule has 1 amide bonds. The zero-order chi connectivity index (χ0) is 24.0. The molecule has 2 saturated heterocycles. The molecule has 3 heterocycles. The Morgan fingerprint density at radius 1 is 0.914 bits per heavy atom. The number of ether oxygens (including phenoxy) is 1. The van der Waals surface area contributed by atoms with Gasteiger partial charge in [0, 0.05) is 42.9 Å². The molecular weight excluding hydrogens is 436 g/mol. The summed E-state index contributed by atoms with van der Waals surface area (Å²) in [7, 11) is 1.58. The molecule has 3 aromatic rings. The summed E-state index contributed by atoms with van der Waals surface area (Å²) >= 11 is 0. The molecule has 2 aliphatic rings. The molecule has 1 N–H and O–H groups in total. The topological polar surface area (TPSA) is 57.7 Å². The quantitative estimate of drug-likeness (QED) is 0.537. The van der Waals surface area contributed by atoms with Crippen molar-refractivity contribution in [3.05, 3.63) is 84.2 Å². The molecule has 182 valence electrons. The molecule has 2 aliphatic heterocycles. The van der Waals surface area contributed by atoms with Crippen LogP contribution in [0.3, 0.4) is 0 Å². The van der Waals surface area contributed by atoms with E-state index in [1.165, 1.54) is 44.3 Å². The van der Waals surface area contributed by atoms with Gasteiger partial charge < -0.3 is 19.9 Å². The van der Waals surface area contributed by atoms with E-state index in [4.69, 9.17) is 4.74 Å². The lowest BCUT2D eigenvalue weighted by molar-refractivity contribution is 0.102. The van der Waals surface area contributed by atoms with Crippen molar-refractivity contribution in [1.82, 2.24) is 9.88 Å². The van der Waals surface area contributed by atoms with Crippen LogP contribution in [0.25, 0.3) is 0 Å². The number of likely N-dealkylation sites (tertiary alicyclic amines) is 1. The van der Waals surface area contributed by atoms with Gasteiger partial charge in [-0.2, -0.15) is 0 Å². The van der Waals surface area contributed by atoms with E-state index >= 15 is 0 Å². The fraction of sp³-hybridized carbons (Fsp3) is 0.379. The Kier molecular flexibility index (Phi) is 7.28. The minimum absolute atomic E-state index is 0.159. The molecule has 35 heavy (non-hydrogen) atoms. The molecule has 6 heteroatoms. The van der Waals surface area contributed by atoms with Gasteiger partial charge in [0.2, 0.25) is 0 Å². The second kappa shape index (κ2) is 10.9. The Labute approximate surface area is 207 Å². The SMILES string of the molecule is COc1ccccc1C(=O)Nc1cccc(N2CCC(N3CCC(c4ccncc4)CC3)CC2)c1. The van der Waals surface area contributed by atoms with Gasteiger partial charge in [-0.3, -0.25) is 9.78 Å². The fourth-order valence-electron chi connectivity index (χ4n) is 5.53. The molecule has 0 saturated carbocycles. The summed E-state index contributed by atoms with van der Waals surface area (Å²) in [5, 5.41) is 3.03. The highest BCUT2D eigenvalue weighted by Crippen LogP contribution is 2.31. The van der Waals surface area contributed by atoms with Crippen molar-refractivity contribution in [1.29, 1.82) is 0 Å². The normalized spacial score (nSPS) is 17.8. The van der Waals surface area contributed by atoms with E-state index in [0.717, 1.165) is 24.5 Å². The van der Waals surface area contributed by atoms with Gasteiger partial charge in [-0.1, -0.05) is 18.2 Å². The largest absolute Gasteiger partial charge is 0.496 e. The number of piperidine rings is 2. The van der Waals surface area contributed by atoms with Crippen LogP contribution in [0.2, 0.25) is 0 Å². The first-order chi connectivity index (χ1) is 17.2. The van der Waals surface area contributed by atoms with E-state index in [0.29, 0.717) is 23.3 Å². The highest BCUT2D eigenvalue weighted by atomic mass is 16.5. The summed E-state index contributed by atoms with van der Waals surface area (Å²) < 4.78 is 5.34. The summed E-state index contributed by atoms with van der Waals surface area (Å²) in [6, 6.07) is 20.5. The van der Waals surface area contributed by atoms with Crippen LogP contribution in [-0.2, 0) is 0 Å². The molecule has 2 aromatic carbocycles. The summed E-state index contributed by atoms with van der Waals surface area (Å²) in [5.74, 6) is 1.09. The summed E-state index contributed by atoms with van der Waals surface area (Å²) in [6.45, 7) is 4.45. The lowest BCUT2D eigenvalue weighted by Gasteiger charge is -2.42. The lowest BCUT2D eigenvalue weighted by Crippen LogP contribution is -2.47. The van der Waals surface area contributed by atoms with E-state index in [9.17, 15) is 4.79 Å². The van der Waals surface area contributed by atoms with Crippen molar-refractivity contribution in [2.45, 2.75) is 37.6 Å². The summed E-state index contributed by atoms with van der Waals surface area (Å²) in [5.41, 5.74) is 3.94. The van der Waals surface area contributed by atoms with Gasteiger partial charge in [-0.15, -0.1) is 0 Å². The average Bonchev–Trinajstić information content (AvgIpc) is 2.94. The van der Waals surface area contributed by atoms with Crippen LogP contribution in [0, 0.1) is 0 Å². The number of rotatable bonds is 6. The maximum atomic E-state index is 12.8. The number of carbonyl (C=O) groups excluding carboxylic acids is 1. The third-order valence-corrected chi connectivity index (χ3v) is 7.51. The number of benzene rings is 2. The first-order valence-corrected chi connectivity index (χ1v) is 12.6. The molecule has 5 rings (SSSR count). The van der Waals surface area contributed by atoms with Crippen LogP contribution in [0.4, 0.5) is 11.4 Å². The lowest BCUT2D eigenvalue weighted by atomic mass is 9.88. The number of nitrogens with zero attached hydrogens (tertiary/aromatic N) is 3. The number of pyridine rings is 1. The maximum absolute atomic E-state index is 12.8. The predicted molar refractivity (Wildman–Crippen MR) is 140 cm³/mol. The third kappa shape index (κ3) is 5.49. The van der Waals surface area contributed by atoms with Crippen molar-refractivity contribution < 1.29 is 9.53 Å². The molecule has 1 aromatic heterocycles. The molecular formula is C29H34N4O2. The van der Waals surface area contributed by atoms with Crippen molar-refractivity contribution in [3.63, 3.8) is 0 Å². The number of amides is 1. The Hall–Kier alpha value is -3.38. The second-order valence-electron chi connectivity index (χ2n) is 9.51. The van der Waals surface area contributed by atoms with Gasteiger partial charge in [0.05, 0.1) is 12.7 Å². The maximum Gasteiger partial charge on any atom is 0.259 e. The standard InChI is InChI=1S/C29H34N4O2/c1-35-28-8-3-2-7-27(28)29(34)31-24-5-4-6-26(21-24)33-19-13-25(14-20-33)32-17-11-23(12-18-32)22-9-15-30-16-10-22/h2-10,15-16,21,23,25H,11-14,17-20H2,1H3,(H,31,34). The molecule has 0 unspecified atom stereocenters. The Bertz CT molecular complexity index is 1120. The Morgan fingerprint density at radius 3 is 2.40 bits per heavy atom. The fourth-order valence-corrected chi connectivity index (χ4v) is 5.53.